The SMILES string of the molecule is C=CC[Si](F)(F)C=C. The van der Waals surface area contributed by atoms with Crippen LogP contribution in [-0.2, 0) is 0 Å². The van der Waals surface area contributed by atoms with Crippen molar-refractivity contribution >= 4 is 8.74 Å². The van der Waals surface area contributed by atoms with Gasteiger partial charge in [0, 0.05) is 6.04 Å². The van der Waals surface area contributed by atoms with Crippen LogP contribution in [0.4, 0.5) is 8.22 Å². The summed E-state index contributed by atoms with van der Waals surface area (Å²) in [6.07, 6.45) is 1.23. The van der Waals surface area contributed by atoms with E-state index in [0.29, 0.717) is 0 Å². The molecule has 0 spiro atoms. The quantitative estimate of drug-likeness (QED) is 0.315. The summed E-state index contributed by atoms with van der Waals surface area (Å²) in [5.41, 5.74) is 0.759. The van der Waals surface area contributed by atoms with Crippen LogP contribution < -0.4 is 0 Å². The second-order valence-corrected chi connectivity index (χ2v) is 3.80. The van der Waals surface area contributed by atoms with Gasteiger partial charge in [-0.15, -0.1) is 13.2 Å². The van der Waals surface area contributed by atoms with E-state index in [0.717, 1.165) is 5.70 Å². The molecule has 0 radical (unpaired) electrons. The molecule has 0 saturated carbocycles. The average molecular weight is 134 g/mol. The fraction of sp³-hybridized carbons (Fsp3) is 0.200. The van der Waals surface area contributed by atoms with Crippen LogP contribution in [0.15, 0.2) is 24.9 Å². The Balaban J connectivity index is 3.70. The molecule has 0 aromatic rings. The highest BCUT2D eigenvalue weighted by Crippen LogP contribution is 2.13. The summed E-state index contributed by atoms with van der Waals surface area (Å²) in [5.74, 6) is 0. The number of halogens is 2. The second kappa shape index (κ2) is 2.77. The lowest BCUT2D eigenvalue weighted by Gasteiger charge is -2.00. The zero-order valence-electron chi connectivity index (χ0n) is 4.53. The molecule has 0 fully saturated rings. The fourth-order valence-corrected chi connectivity index (χ4v) is 0.827. The predicted octanol–water partition coefficient (Wildman–Crippen LogP) is 2.28. The molecule has 0 aromatic heterocycles. The van der Waals surface area contributed by atoms with Gasteiger partial charge in [0.15, 0.2) is 0 Å². The number of allylic oxidation sites excluding steroid dienone is 1. The van der Waals surface area contributed by atoms with E-state index < -0.39 is 8.74 Å². The third kappa shape index (κ3) is 2.68. The zero-order chi connectivity index (χ0) is 6.62. The zero-order valence-corrected chi connectivity index (χ0v) is 5.53. The molecule has 0 N–H and O–H groups in total. The van der Waals surface area contributed by atoms with Gasteiger partial charge in [0.1, 0.15) is 0 Å². The van der Waals surface area contributed by atoms with E-state index in [9.17, 15) is 8.22 Å². The third-order valence-corrected chi connectivity index (χ3v) is 2.15. The Morgan fingerprint density at radius 2 is 1.88 bits per heavy atom. The smallest absolute Gasteiger partial charge is 0.265 e. The Morgan fingerprint density at radius 1 is 1.38 bits per heavy atom. The van der Waals surface area contributed by atoms with Gasteiger partial charge in [-0.1, -0.05) is 6.08 Å². The van der Waals surface area contributed by atoms with Crippen LogP contribution in [-0.4, -0.2) is 8.74 Å². The Kier molecular flexibility index (Phi) is 2.61. The van der Waals surface area contributed by atoms with Crippen molar-refractivity contribution in [2.45, 2.75) is 6.04 Å². The molecule has 0 rings (SSSR count). The molecule has 0 aliphatic carbocycles. The molecule has 3 heteroatoms. The van der Waals surface area contributed by atoms with Crippen LogP contribution >= 0.6 is 0 Å². The van der Waals surface area contributed by atoms with E-state index in [1.165, 1.54) is 6.08 Å². The Hall–Kier alpha value is -0.443. The number of hydrogen-bond acceptors (Lipinski definition) is 0. The van der Waals surface area contributed by atoms with Crippen LogP contribution in [0.3, 0.4) is 0 Å². The van der Waals surface area contributed by atoms with Crippen molar-refractivity contribution in [1.82, 2.24) is 0 Å². The summed E-state index contributed by atoms with van der Waals surface area (Å²) in [4.78, 5) is 0. The van der Waals surface area contributed by atoms with E-state index in [-0.39, 0.29) is 6.04 Å². The minimum absolute atomic E-state index is 0.184. The monoisotopic (exact) mass is 134 g/mol. The lowest BCUT2D eigenvalue weighted by Crippen LogP contribution is -2.16. The van der Waals surface area contributed by atoms with Crippen LogP contribution in [0.1, 0.15) is 0 Å². The normalized spacial score (nSPS) is 10.8. The highest BCUT2D eigenvalue weighted by atomic mass is 28.4. The van der Waals surface area contributed by atoms with Gasteiger partial charge < -0.3 is 0 Å². The van der Waals surface area contributed by atoms with E-state index in [1.54, 1.807) is 0 Å². The Morgan fingerprint density at radius 3 is 2.00 bits per heavy atom. The van der Waals surface area contributed by atoms with E-state index in [4.69, 9.17) is 0 Å². The molecule has 0 bridgehead atoms. The van der Waals surface area contributed by atoms with Gasteiger partial charge in [-0.25, -0.2) is 0 Å². The molecule has 0 amide bonds. The molecule has 46 valence electrons. The first-order chi connectivity index (χ1) is 3.62. The summed E-state index contributed by atoms with van der Waals surface area (Å²) in [7, 11) is -4.03. The minimum atomic E-state index is -4.03. The summed E-state index contributed by atoms with van der Waals surface area (Å²) in [5, 5.41) is 0. The molecule has 0 aromatic carbocycles. The van der Waals surface area contributed by atoms with Crippen molar-refractivity contribution < 1.29 is 8.22 Å². The van der Waals surface area contributed by atoms with Crippen LogP contribution in [0.25, 0.3) is 0 Å². The molecule has 0 unspecified atom stereocenters. The molecular weight excluding hydrogens is 126 g/mol. The molecule has 0 aliphatic rings. The molecule has 0 aliphatic heterocycles. The third-order valence-electron chi connectivity index (χ3n) is 0.715. The van der Waals surface area contributed by atoms with Gasteiger partial charge in [0.05, 0.1) is 0 Å². The van der Waals surface area contributed by atoms with Crippen molar-refractivity contribution in [3.05, 3.63) is 24.9 Å². The summed E-state index contributed by atoms with van der Waals surface area (Å²) < 4.78 is 24.2. The largest absolute Gasteiger partial charge is 0.451 e. The van der Waals surface area contributed by atoms with Gasteiger partial charge in [-0.05, 0) is 5.70 Å². The first-order valence-corrected chi connectivity index (χ1v) is 4.29. The van der Waals surface area contributed by atoms with Crippen molar-refractivity contribution in [1.29, 1.82) is 0 Å². The van der Waals surface area contributed by atoms with Crippen LogP contribution in [0, 0.1) is 0 Å². The highest BCUT2D eigenvalue weighted by Gasteiger charge is 2.28. The maximum Gasteiger partial charge on any atom is 0.451 e. The number of hydrogen-bond donors (Lipinski definition) is 0. The maximum absolute atomic E-state index is 12.1. The van der Waals surface area contributed by atoms with Crippen molar-refractivity contribution in [2.75, 3.05) is 0 Å². The summed E-state index contributed by atoms with van der Waals surface area (Å²) in [6, 6.07) is -0.184. The fourth-order valence-electron chi connectivity index (χ4n) is 0.276. The maximum atomic E-state index is 12.1. The van der Waals surface area contributed by atoms with E-state index >= 15 is 0 Å². The number of rotatable bonds is 3. The Bertz CT molecular complexity index is 98.6. The summed E-state index contributed by atoms with van der Waals surface area (Å²) >= 11 is 0. The molecular formula is C5H8F2Si. The molecule has 8 heavy (non-hydrogen) atoms. The van der Waals surface area contributed by atoms with Gasteiger partial charge in [-0.3, -0.25) is 8.22 Å². The summed E-state index contributed by atoms with van der Waals surface area (Å²) in [6.45, 7) is 6.22. The van der Waals surface area contributed by atoms with Gasteiger partial charge in [0.25, 0.3) is 0 Å². The minimum Gasteiger partial charge on any atom is -0.265 e. The molecule has 0 nitrogen and oxygen atoms in total. The highest BCUT2D eigenvalue weighted by molar-refractivity contribution is 6.71. The van der Waals surface area contributed by atoms with Gasteiger partial charge in [-0.2, -0.15) is 0 Å². The molecule has 0 atom stereocenters. The van der Waals surface area contributed by atoms with Crippen molar-refractivity contribution in [3.63, 3.8) is 0 Å². The molecule has 0 heterocycles. The van der Waals surface area contributed by atoms with Crippen molar-refractivity contribution in [2.24, 2.45) is 0 Å². The lowest BCUT2D eigenvalue weighted by atomic mass is 10.8. The van der Waals surface area contributed by atoms with E-state index in [1.807, 2.05) is 0 Å². The Labute approximate surface area is 48.9 Å². The van der Waals surface area contributed by atoms with Crippen LogP contribution in [0.2, 0.25) is 6.04 Å². The van der Waals surface area contributed by atoms with Gasteiger partial charge in [0.2, 0.25) is 0 Å². The molecule has 0 saturated heterocycles. The predicted molar refractivity (Wildman–Crippen MR) is 33.2 cm³/mol. The van der Waals surface area contributed by atoms with Crippen LogP contribution in [0.5, 0.6) is 0 Å². The topological polar surface area (TPSA) is 0 Å². The van der Waals surface area contributed by atoms with Gasteiger partial charge >= 0.3 is 8.74 Å². The second-order valence-electron chi connectivity index (χ2n) is 1.46. The lowest BCUT2D eigenvalue weighted by molar-refractivity contribution is 0.630. The van der Waals surface area contributed by atoms with Crippen molar-refractivity contribution in [3.8, 4) is 0 Å². The first kappa shape index (κ1) is 7.56. The standard InChI is InChI=1S/C5H8F2Si/c1-3-5-8(6,7)4-2/h3-4H,1-2,5H2. The van der Waals surface area contributed by atoms with E-state index in [2.05, 4.69) is 13.2 Å². The first-order valence-electron chi connectivity index (χ1n) is 2.24. The average Bonchev–Trinajstić information content (AvgIpc) is 1.67.